The highest BCUT2D eigenvalue weighted by Crippen LogP contribution is 2.05. The van der Waals surface area contributed by atoms with Crippen molar-refractivity contribution in [3.8, 4) is 0 Å². The number of aliphatic hydroxyl groups is 1. The predicted octanol–water partition coefficient (Wildman–Crippen LogP) is 2.45. The van der Waals surface area contributed by atoms with Crippen molar-refractivity contribution in [1.29, 1.82) is 0 Å². The van der Waals surface area contributed by atoms with Crippen molar-refractivity contribution in [3.63, 3.8) is 0 Å². The number of allylic oxidation sites excluding steroid dienone is 2. The van der Waals surface area contributed by atoms with Gasteiger partial charge in [-0.15, -0.1) is 0 Å². The Kier molecular flexibility index (Phi) is 4.55. The molecule has 0 saturated carbocycles. The summed E-state index contributed by atoms with van der Waals surface area (Å²) in [5.41, 5.74) is 1.89. The van der Waals surface area contributed by atoms with Gasteiger partial charge in [0.05, 0.1) is 6.10 Å². The summed E-state index contributed by atoms with van der Waals surface area (Å²) >= 11 is 0. The van der Waals surface area contributed by atoms with Crippen LogP contribution in [0.1, 0.15) is 20.3 Å². The molecule has 0 amide bonds. The molecular weight excluding hydrogens is 136 g/mol. The zero-order valence-electron chi connectivity index (χ0n) is 7.30. The van der Waals surface area contributed by atoms with E-state index in [0.717, 1.165) is 11.1 Å². The number of hydrogen-bond donors (Lipinski definition) is 1. The molecule has 1 heteroatoms. The molecule has 1 atom stereocenters. The van der Waals surface area contributed by atoms with E-state index in [1.807, 2.05) is 19.9 Å². The van der Waals surface area contributed by atoms with Crippen LogP contribution in [-0.2, 0) is 0 Å². The third-order valence-corrected chi connectivity index (χ3v) is 1.55. The second-order valence-corrected chi connectivity index (χ2v) is 2.75. The lowest BCUT2D eigenvalue weighted by Gasteiger charge is -2.06. The van der Waals surface area contributed by atoms with Crippen LogP contribution >= 0.6 is 0 Å². The van der Waals surface area contributed by atoms with Crippen LogP contribution in [0.2, 0.25) is 0 Å². The van der Waals surface area contributed by atoms with Crippen molar-refractivity contribution in [2.75, 3.05) is 0 Å². The summed E-state index contributed by atoms with van der Waals surface area (Å²) in [4.78, 5) is 0. The molecule has 0 aromatic rings. The minimum atomic E-state index is -0.412. The quantitative estimate of drug-likeness (QED) is 0.484. The van der Waals surface area contributed by atoms with Crippen LogP contribution in [-0.4, -0.2) is 11.2 Å². The van der Waals surface area contributed by atoms with Crippen LogP contribution in [0.25, 0.3) is 0 Å². The van der Waals surface area contributed by atoms with Crippen molar-refractivity contribution in [2.24, 2.45) is 0 Å². The van der Waals surface area contributed by atoms with E-state index >= 15 is 0 Å². The summed E-state index contributed by atoms with van der Waals surface area (Å²) in [6.45, 7) is 11.0. The zero-order chi connectivity index (χ0) is 8.85. The van der Waals surface area contributed by atoms with Crippen LogP contribution in [0.4, 0.5) is 0 Å². The minimum Gasteiger partial charge on any atom is -0.388 e. The molecular formula is C10H16O. The first-order valence-corrected chi connectivity index (χ1v) is 3.70. The predicted molar refractivity (Wildman–Crippen MR) is 49.4 cm³/mol. The Hall–Kier alpha value is -0.820. The smallest absolute Gasteiger partial charge is 0.0779 e. The van der Waals surface area contributed by atoms with Crippen LogP contribution in [0.15, 0.2) is 36.5 Å². The summed E-state index contributed by atoms with van der Waals surface area (Å²) in [7, 11) is 0. The van der Waals surface area contributed by atoms with Gasteiger partial charge in [-0.25, -0.2) is 0 Å². The summed E-state index contributed by atoms with van der Waals surface area (Å²) in [5, 5.41) is 9.29. The SMILES string of the molecule is C=C/C(C)=C/C[C@@H](O)C(=C)C. The molecule has 1 N–H and O–H groups in total. The molecule has 0 aliphatic heterocycles. The summed E-state index contributed by atoms with van der Waals surface area (Å²) in [5.74, 6) is 0. The second-order valence-electron chi connectivity index (χ2n) is 2.75. The maximum atomic E-state index is 9.29. The molecule has 0 fully saturated rings. The van der Waals surface area contributed by atoms with E-state index in [2.05, 4.69) is 13.2 Å². The van der Waals surface area contributed by atoms with Gasteiger partial charge in [0.15, 0.2) is 0 Å². The highest BCUT2D eigenvalue weighted by atomic mass is 16.3. The Balaban J connectivity index is 3.87. The lowest BCUT2D eigenvalue weighted by atomic mass is 10.1. The van der Waals surface area contributed by atoms with E-state index in [1.165, 1.54) is 0 Å². The minimum absolute atomic E-state index is 0.412. The first kappa shape index (κ1) is 10.2. The molecule has 1 nitrogen and oxygen atoms in total. The van der Waals surface area contributed by atoms with Crippen LogP contribution in [0.5, 0.6) is 0 Å². The number of hydrogen-bond acceptors (Lipinski definition) is 1. The van der Waals surface area contributed by atoms with E-state index in [-0.39, 0.29) is 0 Å². The van der Waals surface area contributed by atoms with Gasteiger partial charge in [-0.05, 0) is 20.3 Å². The molecule has 0 heterocycles. The largest absolute Gasteiger partial charge is 0.388 e. The summed E-state index contributed by atoms with van der Waals surface area (Å²) in [6.07, 6.45) is 3.94. The van der Waals surface area contributed by atoms with E-state index in [1.54, 1.807) is 6.08 Å². The van der Waals surface area contributed by atoms with Gasteiger partial charge in [0.2, 0.25) is 0 Å². The maximum absolute atomic E-state index is 9.29. The van der Waals surface area contributed by atoms with Crippen molar-refractivity contribution < 1.29 is 5.11 Å². The first-order chi connectivity index (χ1) is 5.07. The average Bonchev–Trinajstić information content (AvgIpc) is 1.99. The average molecular weight is 152 g/mol. The highest BCUT2D eigenvalue weighted by molar-refractivity contribution is 5.14. The Morgan fingerprint density at radius 1 is 1.55 bits per heavy atom. The van der Waals surface area contributed by atoms with Gasteiger partial charge in [-0.3, -0.25) is 0 Å². The number of aliphatic hydroxyl groups excluding tert-OH is 1. The molecule has 0 aliphatic carbocycles. The van der Waals surface area contributed by atoms with Crippen molar-refractivity contribution in [1.82, 2.24) is 0 Å². The Bertz CT molecular complexity index is 177. The molecule has 0 aromatic heterocycles. The molecule has 0 spiro atoms. The van der Waals surface area contributed by atoms with Gasteiger partial charge in [-0.1, -0.05) is 36.5 Å². The second kappa shape index (κ2) is 4.91. The monoisotopic (exact) mass is 152 g/mol. The van der Waals surface area contributed by atoms with Crippen LogP contribution < -0.4 is 0 Å². The molecule has 0 unspecified atom stereocenters. The van der Waals surface area contributed by atoms with Crippen LogP contribution in [0, 0.1) is 0 Å². The van der Waals surface area contributed by atoms with Crippen molar-refractivity contribution >= 4 is 0 Å². The highest BCUT2D eigenvalue weighted by Gasteiger charge is 2.00. The molecule has 0 rings (SSSR count). The van der Waals surface area contributed by atoms with Gasteiger partial charge >= 0.3 is 0 Å². The summed E-state index contributed by atoms with van der Waals surface area (Å²) in [6, 6.07) is 0. The van der Waals surface area contributed by atoms with Gasteiger partial charge in [-0.2, -0.15) is 0 Å². The van der Waals surface area contributed by atoms with E-state index in [9.17, 15) is 5.11 Å². The number of rotatable bonds is 4. The Labute approximate surface area is 68.7 Å². The fourth-order valence-corrected chi connectivity index (χ4v) is 0.582. The fourth-order valence-electron chi connectivity index (χ4n) is 0.582. The first-order valence-electron chi connectivity index (χ1n) is 3.70. The molecule has 0 radical (unpaired) electrons. The lowest BCUT2D eigenvalue weighted by molar-refractivity contribution is 0.215. The van der Waals surface area contributed by atoms with Crippen LogP contribution in [0.3, 0.4) is 0 Å². The van der Waals surface area contributed by atoms with Gasteiger partial charge < -0.3 is 5.11 Å². The van der Waals surface area contributed by atoms with E-state index in [4.69, 9.17) is 0 Å². The van der Waals surface area contributed by atoms with Gasteiger partial charge in [0.1, 0.15) is 0 Å². The topological polar surface area (TPSA) is 20.2 Å². The molecule has 0 saturated heterocycles. The maximum Gasteiger partial charge on any atom is 0.0779 e. The van der Waals surface area contributed by atoms with Crippen molar-refractivity contribution in [2.45, 2.75) is 26.4 Å². The summed E-state index contributed by atoms with van der Waals surface area (Å²) < 4.78 is 0. The molecule has 0 aromatic carbocycles. The molecule has 0 bridgehead atoms. The fraction of sp³-hybridized carbons (Fsp3) is 0.400. The Morgan fingerprint density at radius 3 is 2.45 bits per heavy atom. The lowest BCUT2D eigenvalue weighted by Crippen LogP contribution is -2.04. The van der Waals surface area contributed by atoms with Gasteiger partial charge in [0.25, 0.3) is 0 Å². The van der Waals surface area contributed by atoms with Crippen molar-refractivity contribution in [3.05, 3.63) is 36.5 Å². The standard InChI is InChI=1S/C10H16O/c1-5-9(4)6-7-10(11)8(2)3/h5-6,10-11H,1-2,7H2,3-4H3/b9-6+/t10-/m1/s1. The molecule has 62 valence electrons. The Morgan fingerprint density at radius 2 is 2.09 bits per heavy atom. The molecule has 0 aliphatic rings. The van der Waals surface area contributed by atoms with E-state index < -0.39 is 6.10 Å². The molecule has 11 heavy (non-hydrogen) atoms. The third kappa shape index (κ3) is 4.57. The third-order valence-electron chi connectivity index (χ3n) is 1.55. The normalized spacial score (nSPS) is 14.3. The van der Waals surface area contributed by atoms with E-state index in [0.29, 0.717) is 6.42 Å². The van der Waals surface area contributed by atoms with Gasteiger partial charge in [0, 0.05) is 0 Å². The zero-order valence-corrected chi connectivity index (χ0v) is 7.30.